The first-order chi connectivity index (χ1) is 12.4. The third-order valence-electron chi connectivity index (χ3n) is 4.70. The number of likely N-dealkylation sites (tertiary alicyclic amines) is 1. The standard InChI is InChI=1S/C18H23N5O3/c1-12-5-7-15(19-10-12)20-17(25)13-4-3-9-23(11-13)18(26)14-6-8-16(24)22(2)21-14/h5,7,10,13H,3-4,6,8-9,11H2,1-2H3,(H,19,20,25)/t13-/m0/s1. The summed E-state index contributed by atoms with van der Waals surface area (Å²) in [5, 5.41) is 8.12. The number of nitrogens with zero attached hydrogens (tertiary/aromatic N) is 4. The normalized spacial score (nSPS) is 20.6. The van der Waals surface area contributed by atoms with E-state index in [1.807, 2.05) is 13.0 Å². The fourth-order valence-corrected chi connectivity index (χ4v) is 3.15. The highest BCUT2D eigenvalue weighted by atomic mass is 16.2. The summed E-state index contributed by atoms with van der Waals surface area (Å²) in [6.45, 7) is 2.89. The summed E-state index contributed by atoms with van der Waals surface area (Å²) in [7, 11) is 1.55. The van der Waals surface area contributed by atoms with E-state index in [1.54, 1.807) is 24.2 Å². The van der Waals surface area contributed by atoms with Crippen LogP contribution in [0.5, 0.6) is 0 Å². The van der Waals surface area contributed by atoms with E-state index in [9.17, 15) is 14.4 Å². The lowest BCUT2D eigenvalue weighted by atomic mass is 9.96. The third-order valence-corrected chi connectivity index (χ3v) is 4.70. The molecule has 1 aromatic rings. The van der Waals surface area contributed by atoms with E-state index in [4.69, 9.17) is 0 Å². The van der Waals surface area contributed by atoms with Crippen molar-refractivity contribution in [2.24, 2.45) is 11.0 Å². The van der Waals surface area contributed by atoms with Crippen LogP contribution in [0.15, 0.2) is 23.4 Å². The number of carbonyl (C=O) groups excluding carboxylic acids is 3. The smallest absolute Gasteiger partial charge is 0.270 e. The number of piperidine rings is 1. The molecular formula is C18H23N5O3. The zero-order valence-electron chi connectivity index (χ0n) is 15.1. The summed E-state index contributed by atoms with van der Waals surface area (Å²) in [5.74, 6) is -0.171. The second kappa shape index (κ2) is 7.63. The Morgan fingerprint density at radius 2 is 2.08 bits per heavy atom. The molecule has 1 fully saturated rings. The number of anilines is 1. The quantitative estimate of drug-likeness (QED) is 0.879. The molecule has 3 heterocycles. The number of hydrogen-bond acceptors (Lipinski definition) is 5. The van der Waals surface area contributed by atoms with Crippen LogP contribution in [0.3, 0.4) is 0 Å². The van der Waals surface area contributed by atoms with Crippen molar-refractivity contribution < 1.29 is 14.4 Å². The second-order valence-electron chi connectivity index (χ2n) is 6.76. The predicted molar refractivity (Wildman–Crippen MR) is 96.3 cm³/mol. The Bertz CT molecular complexity index is 744. The number of rotatable bonds is 3. The first kappa shape index (κ1) is 18.0. The third kappa shape index (κ3) is 4.07. The SMILES string of the molecule is Cc1ccc(NC(=O)[C@H]2CCCN(C(=O)C3=NN(C)C(=O)CC3)C2)nc1. The Kier molecular flexibility index (Phi) is 5.29. The molecule has 3 rings (SSSR count). The Morgan fingerprint density at radius 3 is 2.77 bits per heavy atom. The van der Waals surface area contributed by atoms with E-state index >= 15 is 0 Å². The minimum Gasteiger partial charge on any atom is -0.337 e. The van der Waals surface area contributed by atoms with Crippen LogP contribution in [0, 0.1) is 12.8 Å². The van der Waals surface area contributed by atoms with Gasteiger partial charge in [0.25, 0.3) is 5.91 Å². The largest absolute Gasteiger partial charge is 0.337 e. The van der Waals surface area contributed by atoms with E-state index < -0.39 is 0 Å². The van der Waals surface area contributed by atoms with Crippen molar-refractivity contribution in [1.82, 2.24) is 14.9 Å². The van der Waals surface area contributed by atoms with Gasteiger partial charge in [-0.25, -0.2) is 9.99 Å². The van der Waals surface area contributed by atoms with Crippen molar-refractivity contribution in [3.8, 4) is 0 Å². The van der Waals surface area contributed by atoms with Crippen LogP contribution < -0.4 is 5.32 Å². The average molecular weight is 357 g/mol. The van der Waals surface area contributed by atoms with Gasteiger partial charge in [-0.2, -0.15) is 5.10 Å². The van der Waals surface area contributed by atoms with Gasteiger partial charge in [-0.15, -0.1) is 0 Å². The number of amides is 3. The van der Waals surface area contributed by atoms with Crippen LogP contribution in [-0.4, -0.2) is 58.5 Å². The average Bonchev–Trinajstić information content (AvgIpc) is 2.65. The predicted octanol–water partition coefficient (Wildman–Crippen LogP) is 1.18. The fourth-order valence-electron chi connectivity index (χ4n) is 3.15. The van der Waals surface area contributed by atoms with E-state index in [1.165, 1.54) is 5.01 Å². The van der Waals surface area contributed by atoms with Crippen molar-refractivity contribution in [3.05, 3.63) is 23.9 Å². The number of hydrazone groups is 1. The highest BCUT2D eigenvalue weighted by Crippen LogP contribution is 2.20. The van der Waals surface area contributed by atoms with Gasteiger partial charge in [0.2, 0.25) is 11.8 Å². The van der Waals surface area contributed by atoms with E-state index in [2.05, 4.69) is 15.4 Å². The summed E-state index contributed by atoms with van der Waals surface area (Å²) < 4.78 is 0. The molecule has 2 aliphatic rings. The molecule has 138 valence electrons. The Balaban J connectivity index is 1.62. The van der Waals surface area contributed by atoms with E-state index in [-0.39, 0.29) is 30.1 Å². The monoisotopic (exact) mass is 357 g/mol. The Morgan fingerprint density at radius 1 is 1.27 bits per heavy atom. The Hall–Kier alpha value is -2.77. The van der Waals surface area contributed by atoms with Crippen LogP contribution in [0.2, 0.25) is 0 Å². The summed E-state index contributed by atoms with van der Waals surface area (Å²) in [4.78, 5) is 42.6. The van der Waals surface area contributed by atoms with Crippen LogP contribution in [-0.2, 0) is 14.4 Å². The van der Waals surface area contributed by atoms with Crippen molar-refractivity contribution in [2.45, 2.75) is 32.6 Å². The van der Waals surface area contributed by atoms with Crippen molar-refractivity contribution in [2.75, 3.05) is 25.5 Å². The second-order valence-corrected chi connectivity index (χ2v) is 6.76. The number of aromatic nitrogens is 1. The lowest BCUT2D eigenvalue weighted by Gasteiger charge is -2.33. The zero-order chi connectivity index (χ0) is 18.7. The highest BCUT2D eigenvalue weighted by Gasteiger charge is 2.32. The molecule has 0 saturated carbocycles. The van der Waals surface area contributed by atoms with E-state index in [0.29, 0.717) is 31.0 Å². The molecular weight excluding hydrogens is 334 g/mol. The zero-order valence-corrected chi connectivity index (χ0v) is 15.1. The fraction of sp³-hybridized carbons (Fsp3) is 0.500. The molecule has 1 N–H and O–H groups in total. The van der Waals surface area contributed by atoms with Gasteiger partial charge in [0.05, 0.1) is 5.92 Å². The molecule has 0 aliphatic carbocycles. The number of pyridine rings is 1. The molecule has 26 heavy (non-hydrogen) atoms. The van der Waals surface area contributed by atoms with Crippen molar-refractivity contribution >= 4 is 29.3 Å². The van der Waals surface area contributed by atoms with Crippen molar-refractivity contribution in [3.63, 3.8) is 0 Å². The minimum absolute atomic E-state index is 0.0944. The summed E-state index contributed by atoms with van der Waals surface area (Å²) >= 11 is 0. The van der Waals surface area contributed by atoms with Crippen LogP contribution in [0.1, 0.15) is 31.2 Å². The molecule has 1 atom stereocenters. The van der Waals surface area contributed by atoms with Crippen molar-refractivity contribution in [1.29, 1.82) is 0 Å². The van der Waals surface area contributed by atoms with Gasteiger partial charge in [0, 0.05) is 39.2 Å². The molecule has 0 unspecified atom stereocenters. The molecule has 0 spiro atoms. The first-order valence-electron chi connectivity index (χ1n) is 8.81. The molecule has 0 bridgehead atoms. The maximum atomic E-state index is 12.7. The van der Waals surface area contributed by atoms with Gasteiger partial charge < -0.3 is 10.2 Å². The molecule has 3 amide bonds. The van der Waals surface area contributed by atoms with Crippen LogP contribution >= 0.6 is 0 Å². The molecule has 1 aromatic heterocycles. The molecule has 1 saturated heterocycles. The van der Waals surface area contributed by atoms with Gasteiger partial charge in [0.1, 0.15) is 11.5 Å². The topological polar surface area (TPSA) is 95.0 Å². The maximum Gasteiger partial charge on any atom is 0.270 e. The summed E-state index contributed by atoms with van der Waals surface area (Å²) in [5.41, 5.74) is 1.41. The number of hydrogen-bond donors (Lipinski definition) is 1. The van der Waals surface area contributed by atoms with Crippen LogP contribution in [0.25, 0.3) is 0 Å². The molecule has 0 aromatic carbocycles. The van der Waals surface area contributed by atoms with E-state index in [0.717, 1.165) is 18.4 Å². The van der Waals surface area contributed by atoms with Gasteiger partial charge in [-0.1, -0.05) is 6.07 Å². The number of aryl methyl sites for hydroxylation is 1. The Labute approximate surface area is 152 Å². The maximum absolute atomic E-state index is 12.7. The molecule has 2 aliphatic heterocycles. The summed E-state index contributed by atoms with van der Waals surface area (Å²) in [6.07, 6.45) is 3.82. The lowest BCUT2D eigenvalue weighted by Crippen LogP contribution is -2.47. The lowest BCUT2D eigenvalue weighted by molar-refractivity contribution is -0.131. The molecule has 8 heteroatoms. The number of nitrogens with one attached hydrogen (secondary N) is 1. The molecule has 0 radical (unpaired) electrons. The number of carbonyl (C=O) groups is 3. The van der Waals surface area contributed by atoms with Gasteiger partial charge in [0.15, 0.2) is 0 Å². The summed E-state index contributed by atoms with van der Waals surface area (Å²) in [6, 6.07) is 3.65. The molecule has 8 nitrogen and oxygen atoms in total. The van der Waals surface area contributed by atoms with Gasteiger partial charge in [-0.3, -0.25) is 14.4 Å². The van der Waals surface area contributed by atoms with Crippen LogP contribution in [0.4, 0.5) is 5.82 Å². The van der Waals surface area contributed by atoms with Gasteiger partial charge in [-0.05, 0) is 31.4 Å². The highest BCUT2D eigenvalue weighted by molar-refractivity contribution is 6.39. The first-order valence-corrected chi connectivity index (χ1v) is 8.81. The minimum atomic E-state index is -0.278. The van der Waals surface area contributed by atoms with Gasteiger partial charge >= 0.3 is 0 Å².